The van der Waals surface area contributed by atoms with Crippen molar-refractivity contribution in [1.82, 2.24) is 5.01 Å². The molecule has 0 fully saturated rings. The average molecular weight is 454 g/mol. The molecule has 3 aromatic rings. The average Bonchev–Trinajstić information content (AvgIpc) is 3.17. The molecule has 0 aliphatic carbocycles. The van der Waals surface area contributed by atoms with Crippen molar-refractivity contribution in [3.63, 3.8) is 0 Å². The Balaban J connectivity index is 1.71. The van der Waals surface area contributed by atoms with Crippen molar-refractivity contribution in [3.8, 4) is 5.75 Å². The van der Waals surface area contributed by atoms with Gasteiger partial charge >= 0.3 is 0 Å². The van der Waals surface area contributed by atoms with Crippen molar-refractivity contribution < 1.29 is 9.90 Å². The Morgan fingerprint density at radius 1 is 1.03 bits per heavy atom. The summed E-state index contributed by atoms with van der Waals surface area (Å²) in [6.45, 7) is 5.83. The molecule has 1 aliphatic heterocycles. The lowest BCUT2D eigenvalue weighted by atomic mass is 10.1. The van der Waals surface area contributed by atoms with Crippen molar-refractivity contribution >= 4 is 35.4 Å². The molecule has 1 aliphatic rings. The van der Waals surface area contributed by atoms with Crippen LogP contribution in [0.5, 0.6) is 5.75 Å². The van der Waals surface area contributed by atoms with E-state index in [-0.39, 0.29) is 17.4 Å². The van der Waals surface area contributed by atoms with Gasteiger partial charge in [-0.2, -0.15) is 10.1 Å². The van der Waals surface area contributed by atoms with Crippen LogP contribution in [-0.4, -0.2) is 41.2 Å². The van der Waals surface area contributed by atoms with Gasteiger partial charge in [-0.05, 0) is 55.8 Å². The van der Waals surface area contributed by atoms with Crippen molar-refractivity contribution in [2.75, 3.05) is 23.7 Å². The van der Waals surface area contributed by atoms with Gasteiger partial charge in [0.1, 0.15) is 11.4 Å². The highest BCUT2D eigenvalue weighted by atomic mass is 16.3. The maximum atomic E-state index is 13.3. The number of nitrogen functional groups attached to an aromatic ring is 1. The normalized spacial score (nSPS) is 14.8. The van der Waals surface area contributed by atoms with E-state index in [4.69, 9.17) is 5.73 Å². The summed E-state index contributed by atoms with van der Waals surface area (Å²) in [7, 11) is 0. The van der Waals surface area contributed by atoms with E-state index in [1.165, 1.54) is 11.2 Å². The van der Waals surface area contributed by atoms with Gasteiger partial charge in [0.2, 0.25) is 0 Å². The van der Waals surface area contributed by atoms with Crippen LogP contribution in [-0.2, 0) is 4.79 Å². The van der Waals surface area contributed by atoms with Gasteiger partial charge in [-0.15, -0.1) is 0 Å². The van der Waals surface area contributed by atoms with Crippen LogP contribution in [0.25, 0.3) is 6.08 Å². The van der Waals surface area contributed by atoms with Gasteiger partial charge in [0, 0.05) is 35.6 Å². The third kappa shape index (κ3) is 4.83. The van der Waals surface area contributed by atoms with Gasteiger partial charge in [-0.1, -0.05) is 42.5 Å². The number of aliphatic imine (C=N–C) groups is 1. The molecule has 3 N–H and O–H groups in total. The molecule has 0 atom stereocenters. The fourth-order valence-electron chi connectivity index (χ4n) is 3.69. The fourth-order valence-corrected chi connectivity index (χ4v) is 3.69. The van der Waals surface area contributed by atoms with Gasteiger partial charge in [-0.25, -0.2) is 4.99 Å². The number of phenols is 1. The number of carbonyl (C=O) groups excluding carboxylic acids is 1. The van der Waals surface area contributed by atoms with E-state index in [0.29, 0.717) is 17.1 Å². The zero-order chi connectivity index (χ0) is 24.1. The molecule has 34 heavy (non-hydrogen) atoms. The molecule has 0 saturated heterocycles. The zero-order valence-corrected chi connectivity index (χ0v) is 19.2. The molecule has 3 aromatic carbocycles. The first-order chi connectivity index (χ1) is 16.5. The Bertz CT molecular complexity index is 1260. The number of phenolic OH excluding ortho intramolecular Hbond substituents is 1. The number of nitrogens with two attached hydrogens (primary N) is 1. The van der Waals surface area contributed by atoms with Crippen molar-refractivity contribution in [3.05, 3.63) is 95.2 Å². The molecular formula is C27H27N5O2. The number of amides is 1. The second-order valence-corrected chi connectivity index (χ2v) is 7.77. The van der Waals surface area contributed by atoms with E-state index >= 15 is 0 Å². The minimum atomic E-state index is -0.355. The Labute approximate surface area is 199 Å². The molecule has 1 heterocycles. The first-order valence-corrected chi connectivity index (χ1v) is 11.2. The Kier molecular flexibility index (Phi) is 6.73. The van der Waals surface area contributed by atoms with Crippen molar-refractivity contribution in [2.24, 2.45) is 10.1 Å². The number of carbonyl (C=O) groups is 1. The summed E-state index contributed by atoms with van der Waals surface area (Å²) in [5.74, 6) is 0.149. The summed E-state index contributed by atoms with van der Waals surface area (Å²) < 4.78 is 0. The summed E-state index contributed by atoms with van der Waals surface area (Å²) in [6.07, 6.45) is 3.20. The Morgan fingerprint density at radius 3 is 2.41 bits per heavy atom. The largest absolute Gasteiger partial charge is 0.507 e. The molecule has 0 radical (unpaired) electrons. The number of rotatable bonds is 7. The Hall–Kier alpha value is -4.39. The number of hydrazone groups is 1. The number of hydrogen-bond acceptors (Lipinski definition) is 6. The van der Waals surface area contributed by atoms with E-state index in [1.807, 2.05) is 54.6 Å². The summed E-state index contributed by atoms with van der Waals surface area (Å²) in [6, 6.07) is 22.0. The summed E-state index contributed by atoms with van der Waals surface area (Å²) in [5.41, 5.74) is 9.73. The number of aromatic hydroxyl groups is 1. The molecule has 7 heteroatoms. The predicted octanol–water partition coefficient (Wildman–Crippen LogP) is 4.48. The zero-order valence-electron chi connectivity index (χ0n) is 19.2. The SMILES string of the molecule is CCN(CC)c1ccc(O)c(C=NN2C(=O)C(=Cc3ccc(N)cc3)N=C2c2ccccc2)c1. The van der Waals surface area contributed by atoms with E-state index in [0.717, 1.165) is 29.9 Å². The maximum absolute atomic E-state index is 13.3. The highest BCUT2D eigenvalue weighted by Crippen LogP contribution is 2.25. The fraction of sp³-hybridized carbons (Fsp3) is 0.148. The minimum Gasteiger partial charge on any atom is -0.507 e. The lowest BCUT2D eigenvalue weighted by Gasteiger charge is -2.21. The molecular weight excluding hydrogens is 426 g/mol. The molecule has 0 saturated carbocycles. The summed E-state index contributed by atoms with van der Waals surface area (Å²) >= 11 is 0. The summed E-state index contributed by atoms with van der Waals surface area (Å²) in [4.78, 5) is 20.0. The van der Waals surface area contributed by atoms with E-state index < -0.39 is 0 Å². The minimum absolute atomic E-state index is 0.0853. The second-order valence-electron chi connectivity index (χ2n) is 7.77. The van der Waals surface area contributed by atoms with Crippen LogP contribution >= 0.6 is 0 Å². The molecule has 172 valence electrons. The number of hydrogen-bond donors (Lipinski definition) is 2. The number of nitrogens with zero attached hydrogens (tertiary/aromatic N) is 4. The van der Waals surface area contributed by atoms with Gasteiger partial charge in [0.15, 0.2) is 5.84 Å². The van der Waals surface area contributed by atoms with Gasteiger partial charge in [0.05, 0.1) is 6.21 Å². The third-order valence-corrected chi connectivity index (χ3v) is 5.56. The molecule has 0 unspecified atom stereocenters. The van der Waals surface area contributed by atoms with Gasteiger partial charge in [0.25, 0.3) is 5.91 Å². The van der Waals surface area contributed by atoms with E-state index in [9.17, 15) is 9.90 Å². The molecule has 0 bridgehead atoms. The van der Waals surface area contributed by atoms with Gasteiger partial charge in [-0.3, -0.25) is 4.79 Å². The predicted molar refractivity (Wildman–Crippen MR) is 138 cm³/mol. The maximum Gasteiger partial charge on any atom is 0.298 e. The number of anilines is 2. The summed E-state index contributed by atoms with van der Waals surface area (Å²) in [5, 5.41) is 16.1. The van der Waals surface area contributed by atoms with E-state index in [1.54, 1.807) is 24.3 Å². The molecule has 4 rings (SSSR count). The lowest BCUT2D eigenvalue weighted by Crippen LogP contribution is -2.27. The third-order valence-electron chi connectivity index (χ3n) is 5.56. The first kappa shape index (κ1) is 22.8. The topological polar surface area (TPSA) is 94.5 Å². The second kappa shape index (κ2) is 10.0. The van der Waals surface area contributed by atoms with Crippen molar-refractivity contribution in [1.29, 1.82) is 0 Å². The number of amidine groups is 1. The van der Waals surface area contributed by atoms with Crippen LogP contribution in [0.15, 0.2) is 88.6 Å². The van der Waals surface area contributed by atoms with Crippen LogP contribution in [0.4, 0.5) is 11.4 Å². The highest BCUT2D eigenvalue weighted by molar-refractivity contribution is 6.19. The Morgan fingerprint density at radius 2 is 1.74 bits per heavy atom. The number of benzene rings is 3. The molecule has 0 spiro atoms. The van der Waals surface area contributed by atoms with Crippen LogP contribution in [0.2, 0.25) is 0 Å². The monoisotopic (exact) mass is 453 g/mol. The van der Waals surface area contributed by atoms with Crippen LogP contribution < -0.4 is 10.6 Å². The molecule has 0 aromatic heterocycles. The van der Waals surface area contributed by atoms with Crippen LogP contribution in [0.1, 0.15) is 30.5 Å². The smallest absolute Gasteiger partial charge is 0.298 e. The first-order valence-electron chi connectivity index (χ1n) is 11.2. The lowest BCUT2D eigenvalue weighted by molar-refractivity contribution is -0.122. The van der Waals surface area contributed by atoms with E-state index in [2.05, 4.69) is 28.8 Å². The van der Waals surface area contributed by atoms with Crippen LogP contribution in [0, 0.1) is 0 Å². The van der Waals surface area contributed by atoms with Gasteiger partial charge < -0.3 is 15.7 Å². The van der Waals surface area contributed by atoms with Crippen LogP contribution in [0.3, 0.4) is 0 Å². The molecule has 7 nitrogen and oxygen atoms in total. The quantitative estimate of drug-likeness (QED) is 0.313. The van der Waals surface area contributed by atoms with Crippen molar-refractivity contribution in [2.45, 2.75) is 13.8 Å². The highest BCUT2D eigenvalue weighted by Gasteiger charge is 2.31. The molecule has 1 amide bonds. The standard InChI is InChI=1S/C27H27N5O2/c1-3-31(4-2)23-14-15-25(33)21(17-23)18-29-32-26(20-8-6-5-7-9-20)30-24(27(32)34)16-19-10-12-22(28)13-11-19/h5-18,33H,3-4,28H2,1-2H3.